The number of aryl methyl sites for hydroxylation is 1. The molecule has 2 unspecified atom stereocenters. The van der Waals surface area contributed by atoms with Crippen molar-refractivity contribution in [1.82, 2.24) is 25.6 Å². The van der Waals surface area contributed by atoms with Gasteiger partial charge in [-0.2, -0.15) is 0 Å². The summed E-state index contributed by atoms with van der Waals surface area (Å²) in [5.41, 5.74) is 6.88. The van der Waals surface area contributed by atoms with Crippen molar-refractivity contribution in [1.29, 1.82) is 0 Å². The van der Waals surface area contributed by atoms with Gasteiger partial charge in [-0.1, -0.05) is 12.1 Å². The van der Waals surface area contributed by atoms with Crippen molar-refractivity contribution >= 4 is 5.97 Å². The van der Waals surface area contributed by atoms with Gasteiger partial charge in [-0.25, -0.2) is 9.82 Å². The van der Waals surface area contributed by atoms with E-state index in [-0.39, 0.29) is 30.4 Å². The van der Waals surface area contributed by atoms with Crippen LogP contribution in [0.15, 0.2) is 24.3 Å². The largest absolute Gasteiger partial charge is 0.457 e. The van der Waals surface area contributed by atoms with Gasteiger partial charge in [0.15, 0.2) is 12.4 Å². The molecule has 2 heterocycles. The Kier molecular flexibility index (Phi) is 4.22. The molecule has 25 heavy (non-hydrogen) atoms. The van der Waals surface area contributed by atoms with Crippen LogP contribution in [0.4, 0.5) is 4.39 Å². The van der Waals surface area contributed by atoms with Crippen molar-refractivity contribution in [3.8, 4) is 0 Å². The Hall–Kier alpha value is -2.32. The van der Waals surface area contributed by atoms with Gasteiger partial charge >= 0.3 is 5.97 Å². The van der Waals surface area contributed by atoms with Crippen molar-refractivity contribution < 1.29 is 13.9 Å². The third kappa shape index (κ3) is 3.27. The van der Waals surface area contributed by atoms with Crippen LogP contribution in [0.2, 0.25) is 0 Å². The van der Waals surface area contributed by atoms with Crippen LogP contribution in [-0.2, 0) is 16.1 Å². The molecule has 2 aliphatic rings. The van der Waals surface area contributed by atoms with E-state index < -0.39 is 0 Å². The van der Waals surface area contributed by atoms with Gasteiger partial charge in [0.25, 0.3) is 0 Å². The summed E-state index contributed by atoms with van der Waals surface area (Å²) >= 11 is 0. The van der Waals surface area contributed by atoms with Crippen LogP contribution >= 0.6 is 0 Å². The van der Waals surface area contributed by atoms with Crippen molar-refractivity contribution in [3.63, 3.8) is 0 Å². The Morgan fingerprint density at radius 1 is 1.32 bits per heavy atom. The highest BCUT2D eigenvalue weighted by Gasteiger charge is 2.36. The normalized spacial score (nSPS) is 23.0. The van der Waals surface area contributed by atoms with Crippen LogP contribution < -0.4 is 10.9 Å². The van der Waals surface area contributed by atoms with Crippen molar-refractivity contribution in [2.24, 2.45) is 5.92 Å². The molecule has 4 rings (SSSR count). The number of carbonyl (C=O) groups is 1. The molecule has 0 bridgehead atoms. The lowest BCUT2D eigenvalue weighted by Gasteiger charge is -2.18. The molecule has 2 fully saturated rings. The van der Waals surface area contributed by atoms with Gasteiger partial charge in [0, 0.05) is 12.6 Å². The number of hydrazine groups is 1. The molecule has 1 aromatic heterocycles. The molecule has 2 atom stereocenters. The zero-order chi connectivity index (χ0) is 17.4. The third-order valence-electron chi connectivity index (χ3n) is 4.71. The topological polar surface area (TPSA) is 81.1 Å². The van der Waals surface area contributed by atoms with Crippen LogP contribution in [0.5, 0.6) is 0 Å². The predicted molar refractivity (Wildman–Crippen MR) is 86.6 cm³/mol. The average Bonchev–Trinajstić information content (AvgIpc) is 3.19. The summed E-state index contributed by atoms with van der Waals surface area (Å²) < 4.78 is 20.7. The predicted octanol–water partition coefficient (Wildman–Crippen LogP) is 1.57. The number of halogens is 1. The zero-order valence-corrected chi connectivity index (χ0v) is 13.9. The Morgan fingerprint density at radius 2 is 2.08 bits per heavy atom. The van der Waals surface area contributed by atoms with E-state index in [1.807, 2.05) is 6.92 Å². The molecule has 8 heteroatoms. The van der Waals surface area contributed by atoms with Gasteiger partial charge in [-0.05, 0) is 37.5 Å². The number of benzene rings is 1. The fraction of sp³-hybridized carbons (Fsp3) is 0.471. The fourth-order valence-corrected chi connectivity index (χ4v) is 3.26. The summed E-state index contributed by atoms with van der Waals surface area (Å²) in [6.07, 6.45) is 2.23. The summed E-state index contributed by atoms with van der Waals surface area (Å²) in [5, 5.41) is 8.21. The molecule has 7 nitrogen and oxygen atoms in total. The Morgan fingerprint density at radius 3 is 2.80 bits per heavy atom. The minimum atomic E-state index is -0.385. The number of hydrogen-bond acceptors (Lipinski definition) is 6. The van der Waals surface area contributed by atoms with Crippen molar-refractivity contribution in [2.75, 3.05) is 6.54 Å². The average molecular weight is 345 g/mol. The SMILES string of the molecule is Cc1nnc(COC(=O)C2CNNC2c2ccc(F)cc2)n1C1CC1. The number of carbonyl (C=O) groups excluding carboxylic acids is 1. The van der Waals surface area contributed by atoms with Crippen LogP contribution in [0, 0.1) is 18.7 Å². The smallest absolute Gasteiger partial charge is 0.312 e. The molecule has 1 saturated heterocycles. The van der Waals surface area contributed by atoms with E-state index in [2.05, 4.69) is 25.6 Å². The summed E-state index contributed by atoms with van der Waals surface area (Å²) in [7, 11) is 0. The minimum absolute atomic E-state index is 0.114. The van der Waals surface area contributed by atoms with E-state index >= 15 is 0 Å². The van der Waals surface area contributed by atoms with Crippen LogP contribution in [-0.4, -0.2) is 27.3 Å². The van der Waals surface area contributed by atoms with E-state index in [4.69, 9.17) is 4.74 Å². The molecule has 1 aliphatic heterocycles. The van der Waals surface area contributed by atoms with Gasteiger partial charge in [0.05, 0.1) is 12.0 Å². The van der Waals surface area contributed by atoms with Gasteiger partial charge in [0.2, 0.25) is 0 Å². The second-order valence-corrected chi connectivity index (χ2v) is 6.53. The highest BCUT2D eigenvalue weighted by Crippen LogP contribution is 2.36. The summed E-state index contributed by atoms with van der Waals surface area (Å²) in [6.45, 7) is 2.48. The third-order valence-corrected chi connectivity index (χ3v) is 4.71. The minimum Gasteiger partial charge on any atom is -0.457 e. The summed E-state index contributed by atoms with van der Waals surface area (Å²) in [4.78, 5) is 12.5. The van der Waals surface area contributed by atoms with Gasteiger partial charge < -0.3 is 9.30 Å². The number of nitrogens with zero attached hydrogens (tertiary/aromatic N) is 3. The highest BCUT2D eigenvalue weighted by atomic mass is 19.1. The first kappa shape index (κ1) is 16.2. The molecular weight excluding hydrogens is 325 g/mol. The van der Waals surface area contributed by atoms with E-state index in [0.717, 1.165) is 24.2 Å². The first-order valence-electron chi connectivity index (χ1n) is 8.44. The number of esters is 1. The van der Waals surface area contributed by atoms with Crippen LogP contribution in [0.1, 0.15) is 42.1 Å². The van der Waals surface area contributed by atoms with E-state index in [1.54, 1.807) is 12.1 Å². The molecule has 1 aromatic carbocycles. The Balaban J connectivity index is 1.43. The second kappa shape index (κ2) is 6.53. The Labute approximate surface area is 144 Å². The van der Waals surface area contributed by atoms with Crippen LogP contribution in [0.3, 0.4) is 0 Å². The maximum atomic E-state index is 13.1. The molecule has 2 aromatic rings. The van der Waals surface area contributed by atoms with E-state index in [0.29, 0.717) is 18.4 Å². The lowest BCUT2D eigenvalue weighted by molar-refractivity contribution is -0.150. The monoisotopic (exact) mass is 345 g/mol. The van der Waals surface area contributed by atoms with Crippen LogP contribution in [0.25, 0.3) is 0 Å². The molecule has 1 aliphatic carbocycles. The maximum Gasteiger partial charge on any atom is 0.312 e. The molecule has 0 radical (unpaired) electrons. The molecule has 1 saturated carbocycles. The molecule has 2 N–H and O–H groups in total. The lowest BCUT2D eigenvalue weighted by Crippen LogP contribution is -2.27. The molecule has 0 amide bonds. The standard InChI is InChI=1S/C17H20FN5O2/c1-10-20-21-15(23(10)13-6-7-13)9-25-17(24)14-8-19-22-16(14)11-2-4-12(18)5-3-11/h2-5,13-14,16,19,22H,6-9H2,1H3. The van der Waals surface area contributed by atoms with Crippen molar-refractivity contribution in [2.45, 2.75) is 38.5 Å². The number of nitrogens with one attached hydrogen (secondary N) is 2. The molecule has 132 valence electrons. The van der Waals surface area contributed by atoms with Crippen molar-refractivity contribution in [3.05, 3.63) is 47.3 Å². The van der Waals surface area contributed by atoms with Gasteiger partial charge in [0.1, 0.15) is 11.6 Å². The number of aromatic nitrogens is 3. The van der Waals surface area contributed by atoms with Gasteiger partial charge in [-0.3, -0.25) is 10.2 Å². The Bertz CT molecular complexity index is 772. The summed E-state index contributed by atoms with van der Waals surface area (Å²) in [5.74, 6) is 0.537. The van der Waals surface area contributed by atoms with Gasteiger partial charge in [-0.15, -0.1) is 10.2 Å². The highest BCUT2D eigenvalue weighted by molar-refractivity contribution is 5.74. The molecule has 0 spiro atoms. The number of ether oxygens (including phenoxy) is 1. The first-order chi connectivity index (χ1) is 12.1. The maximum absolute atomic E-state index is 13.1. The number of rotatable bonds is 5. The quantitative estimate of drug-likeness (QED) is 0.801. The lowest BCUT2D eigenvalue weighted by atomic mass is 9.95. The first-order valence-corrected chi connectivity index (χ1v) is 8.44. The summed E-state index contributed by atoms with van der Waals surface area (Å²) in [6, 6.07) is 6.31. The fourth-order valence-electron chi connectivity index (χ4n) is 3.26. The second-order valence-electron chi connectivity index (χ2n) is 6.53. The number of hydrogen-bond donors (Lipinski definition) is 2. The van der Waals surface area contributed by atoms with E-state index in [1.165, 1.54) is 12.1 Å². The molecular formula is C17H20FN5O2. The zero-order valence-electron chi connectivity index (χ0n) is 13.9. The van der Waals surface area contributed by atoms with E-state index in [9.17, 15) is 9.18 Å².